The Morgan fingerprint density at radius 1 is 1.32 bits per heavy atom. The summed E-state index contributed by atoms with van der Waals surface area (Å²) in [6.07, 6.45) is 1.70. The van der Waals surface area contributed by atoms with Crippen LogP contribution in [0.5, 0.6) is 5.75 Å². The van der Waals surface area contributed by atoms with Crippen LogP contribution in [-0.4, -0.2) is 22.7 Å². The second-order valence-corrected chi connectivity index (χ2v) is 4.73. The standard InChI is InChI=1S/C14H13NO3S/c1-2-18-12-4-3-9-15-13(12)19-11-7-5-10(6-8-11)14(16)17/h3-9H,2H2,1H3,(H,16,17). The molecule has 0 atom stereocenters. The van der Waals surface area contributed by atoms with Crippen molar-refractivity contribution in [2.24, 2.45) is 0 Å². The highest BCUT2D eigenvalue weighted by Crippen LogP contribution is 2.32. The summed E-state index contributed by atoms with van der Waals surface area (Å²) in [5.74, 6) is -0.193. The molecule has 0 amide bonds. The largest absolute Gasteiger partial charge is 0.491 e. The van der Waals surface area contributed by atoms with Crippen LogP contribution in [0.4, 0.5) is 0 Å². The van der Waals surface area contributed by atoms with E-state index >= 15 is 0 Å². The Hall–Kier alpha value is -2.01. The fourth-order valence-corrected chi connectivity index (χ4v) is 2.33. The number of carboxylic acid groups (broad SMARTS) is 1. The number of benzene rings is 1. The molecule has 4 nitrogen and oxygen atoms in total. The molecule has 5 heteroatoms. The maximum atomic E-state index is 10.8. The summed E-state index contributed by atoms with van der Waals surface area (Å²) in [6, 6.07) is 10.4. The molecule has 0 saturated carbocycles. The summed E-state index contributed by atoms with van der Waals surface area (Å²) in [7, 11) is 0. The number of hydrogen-bond acceptors (Lipinski definition) is 4. The zero-order chi connectivity index (χ0) is 13.7. The predicted molar refractivity (Wildman–Crippen MR) is 72.9 cm³/mol. The third kappa shape index (κ3) is 3.48. The Bertz CT molecular complexity index is 569. The van der Waals surface area contributed by atoms with Crippen LogP contribution in [0.2, 0.25) is 0 Å². The van der Waals surface area contributed by atoms with E-state index in [0.717, 1.165) is 15.7 Å². The third-order valence-electron chi connectivity index (χ3n) is 2.35. The number of nitrogens with zero attached hydrogens (tertiary/aromatic N) is 1. The second kappa shape index (κ2) is 6.24. The van der Waals surface area contributed by atoms with Crippen molar-refractivity contribution in [2.45, 2.75) is 16.8 Å². The topological polar surface area (TPSA) is 59.4 Å². The summed E-state index contributed by atoms with van der Waals surface area (Å²) in [5, 5.41) is 9.61. The molecule has 1 aromatic heterocycles. The molecule has 0 aliphatic carbocycles. The van der Waals surface area contributed by atoms with Gasteiger partial charge in [-0.05, 0) is 43.3 Å². The second-order valence-electron chi connectivity index (χ2n) is 3.67. The number of aromatic carboxylic acids is 1. The van der Waals surface area contributed by atoms with Crippen molar-refractivity contribution >= 4 is 17.7 Å². The van der Waals surface area contributed by atoms with E-state index in [4.69, 9.17) is 9.84 Å². The predicted octanol–water partition coefficient (Wildman–Crippen LogP) is 3.33. The van der Waals surface area contributed by atoms with Crippen molar-refractivity contribution in [1.29, 1.82) is 0 Å². The van der Waals surface area contributed by atoms with Crippen molar-refractivity contribution < 1.29 is 14.6 Å². The van der Waals surface area contributed by atoms with Crippen LogP contribution >= 0.6 is 11.8 Å². The molecule has 0 unspecified atom stereocenters. The molecule has 0 bridgehead atoms. The van der Waals surface area contributed by atoms with E-state index < -0.39 is 5.97 Å². The van der Waals surface area contributed by atoms with E-state index in [9.17, 15) is 4.79 Å². The molecular formula is C14H13NO3S. The van der Waals surface area contributed by atoms with E-state index in [0.29, 0.717) is 6.61 Å². The summed E-state index contributed by atoms with van der Waals surface area (Å²) in [4.78, 5) is 16.0. The van der Waals surface area contributed by atoms with E-state index in [1.807, 2.05) is 19.1 Å². The van der Waals surface area contributed by atoms with Gasteiger partial charge in [0, 0.05) is 11.1 Å². The summed E-state index contributed by atoms with van der Waals surface area (Å²) in [6.45, 7) is 2.50. The highest BCUT2D eigenvalue weighted by molar-refractivity contribution is 7.99. The first-order valence-corrected chi connectivity index (χ1v) is 6.61. The third-order valence-corrected chi connectivity index (χ3v) is 3.36. The number of ether oxygens (including phenoxy) is 1. The molecule has 2 aromatic rings. The lowest BCUT2D eigenvalue weighted by molar-refractivity contribution is 0.0697. The smallest absolute Gasteiger partial charge is 0.335 e. The van der Waals surface area contributed by atoms with Gasteiger partial charge in [-0.2, -0.15) is 0 Å². The Morgan fingerprint density at radius 3 is 2.68 bits per heavy atom. The maximum absolute atomic E-state index is 10.8. The molecule has 98 valence electrons. The zero-order valence-corrected chi connectivity index (χ0v) is 11.2. The Balaban J connectivity index is 2.19. The van der Waals surface area contributed by atoms with Crippen LogP contribution in [0.25, 0.3) is 0 Å². The lowest BCUT2D eigenvalue weighted by Gasteiger charge is -2.08. The van der Waals surface area contributed by atoms with Crippen molar-refractivity contribution in [3.8, 4) is 5.75 Å². The van der Waals surface area contributed by atoms with Gasteiger partial charge in [0.15, 0.2) is 5.75 Å². The zero-order valence-electron chi connectivity index (χ0n) is 10.4. The van der Waals surface area contributed by atoms with Crippen molar-refractivity contribution in [2.75, 3.05) is 6.61 Å². The highest BCUT2D eigenvalue weighted by atomic mass is 32.2. The maximum Gasteiger partial charge on any atom is 0.335 e. The van der Waals surface area contributed by atoms with Gasteiger partial charge < -0.3 is 9.84 Å². The first-order valence-electron chi connectivity index (χ1n) is 5.79. The van der Waals surface area contributed by atoms with E-state index in [-0.39, 0.29) is 5.56 Å². The Morgan fingerprint density at radius 2 is 2.05 bits per heavy atom. The normalized spacial score (nSPS) is 10.2. The number of rotatable bonds is 5. The van der Waals surface area contributed by atoms with E-state index in [1.165, 1.54) is 11.8 Å². The molecular weight excluding hydrogens is 262 g/mol. The molecule has 1 heterocycles. The number of aromatic nitrogens is 1. The van der Waals surface area contributed by atoms with Crippen molar-refractivity contribution in [3.05, 3.63) is 48.2 Å². The van der Waals surface area contributed by atoms with Crippen LogP contribution in [0.1, 0.15) is 17.3 Å². The van der Waals surface area contributed by atoms with Crippen molar-refractivity contribution in [1.82, 2.24) is 4.98 Å². The van der Waals surface area contributed by atoms with Gasteiger partial charge in [-0.15, -0.1) is 0 Å². The molecule has 0 fully saturated rings. The average molecular weight is 275 g/mol. The molecule has 0 aliphatic rings. The summed E-state index contributed by atoms with van der Waals surface area (Å²) >= 11 is 1.45. The van der Waals surface area contributed by atoms with Crippen LogP contribution in [0.15, 0.2) is 52.5 Å². The first-order chi connectivity index (χ1) is 9.20. The van der Waals surface area contributed by atoms with Gasteiger partial charge in [0.2, 0.25) is 0 Å². The van der Waals surface area contributed by atoms with Gasteiger partial charge in [-0.3, -0.25) is 0 Å². The van der Waals surface area contributed by atoms with Crippen LogP contribution in [0, 0.1) is 0 Å². The summed E-state index contributed by atoms with van der Waals surface area (Å²) in [5.41, 5.74) is 0.274. The molecule has 0 spiro atoms. The first kappa shape index (κ1) is 13.4. The van der Waals surface area contributed by atoms with Gasteiger partial charge in [0.1, 0.15) is 5.03 Å². The molecule has 19 heavy (non-hydrogen) atoms. The Labute approximate surface area is 115 Å². The fraction of sp³-hybridized carbons (Fsp3) is 0.143. The molecule has 2 rings (SSSR count). The highest BCUT2D eigenvalue weighted by Gasteiger charge is 2.07. The molecule has 1 aromatic carbocycles. The van der Waals surface area contributed by atoms with Crippen LogP contribution in [0.3, 0.4) is 0 Å². The summed E-state index contributed by atoms with van der Waals surface area (Å²) < 4.78 is 5.49. The SMILES string of the molecule is CCOc1cccnc1Sc1ccc(C(=O)O)cc1. The molecule has 1 N–H and O–H groups in total. The average Bonchev–Trinajstić information content (AvgIpc) is 2.42. The van der Waals surface area contributed by atoms with Crippen LogP contribution < -0.4 is 4.74 Å². The van der Waals surface area contributed by atoms with Crippen LogP contribution in [-0.2, 0) is 0 Å². The number of pyridine rings is 1. The lowest BCUT2D eigenvalue weighted by Crippen LogP contribution is -1.96. The number of carbonyl (C=O) groups is 1. The van der Waals surface area contributed by atoms with Gasteiger partial charge in [0.05, 0.1) is 12.2 Å². The molecule has 0 aliphatic heterocycles. The minimum absolute atomic E-state index is 0.274. The molecule has 0 radical (unpaired) electrons. The van der Waals surface area contributed by atoms with Crippen molar-refractivity contribution in [3.63, 3.8) is 0 Å². The number of hydrogen-bond donors (Lipinski definition) is 1. The Kier molecular flexibility index (Phi) is 4.41. The van der Waals surface area contributed by atoms with Gasteiger partial charge in [-0.25, -0.2) is 9.78 Å². The van der Waals surface area contributed by atoms with E-state index in [2.05, 4.69) is 4.98 Å². The van der Waals surface area contributed by atoms with Gasteiger partial charge >= 0.3 is 5.97 Å². The minimum atomic E-state index is -0.926. The van der Waals surface area contributed by atoms with Gasteiger partial charge in [0.25, 0.3) is 0 Å². The number of carboxylic acids is 1. The lowest BCUT2D eigenvalue weighted by atomic mass is 10.2. The minimum Gasteiger partial charge on any atom is -0.491 e. The van der Waals surface area contributed by atoms with E-state index in [1.54, 1.807) is 30.5 Å². The quantitative estimate of drug-likeness (QED) is 0.907. The van der Waals surface area contributed by atoms with Gasteiger partial charge in [-0.1, -0.05) is 11.8 Å². The molecule has 0 saturated heterocycles. The fourth-order valence-electron chi connectivity index (χ4n) is 1.50. The monoisotopic (exact) mass is 275 g/mol.